The largest absolute Gasteiger partial charge is 0.389 e. The zero-order valence-electron chi connectivity index (χ0n) is 23.4. The third-order valence-electron chi connectivity index (χ3n) is 12.2. The molecular formula is C32H45NO4. The van der Waals surface area contributed by atoms with E-state index in [0.717, 1.165) is 51.4 Å². The summed E-state index contributed by atoms with van der Waals surface area (Å²) in [6.45, 7) is 8.03. The van der Waals surface area contributed by atoms with Gasteiger partial charge in [-0.2, -0.15) is 0 Å². The van der Waals surface area contributed by atoms with Gasteiger partial charge in [0.25, 0.3) is 0 Å². The second kappa shape index (κ2) is 7.61. The van der Waals surface area contributed by atoms with Gasteiger partial charge in [0.2, 0.25) is 0 Å². The Balaban J connectivity index is 1.35. The van der Waals surface area contributed by atoms with Crippen molar-refractivity contribution in [2.45, 2.75) is 95.9 Å². The normalized spacial score (nSPS) is 45.0. The zero-order chi connectivity index (χ0) is 26.0. The lowest BCUT2D eigenvalue weighted by Gasteiger charge is -2.69. The van der Waals surface area contributed by atoms with Crippen molar-refractivity contribution in [2.75, 3.05) is 32.2 Å². The van der Waals surface area contributed by atoms with E-state index in [1.54, 1.807) is 0 Å². The fourth-order valence-electron chi connectivity index (χ4n) is 10.3. The van der Waals surface area contributed by atoms with Crippen LogP contribution in [0.4, 0.5) is 5.69 Å². The molecule has 1 aromatic rings. The summed E-state index contributed by atoms with van der Waals surface area (Å²) >= 11 is 0. The van der Waals surface area contributed by atoms with E-state index in [9.17, 15) is 9.90 Å². The molecule has 7 rings (SSSR count). The molecule has 2 spiro atoms. The number of nitrogens with zero attached hydrogens (tertiary/aromatic N) is 1. The molecular weight excluding hydrogens is 462 g/mol. The number of carbonyl (C=O) groups excluding carboxylic acids is 1. The third kappa shape index (κ3) is 3.23. The highest BCUT2D eigenvalue weighted by molar-refractivity contribution is 5.87. The predicted octanol–water partition coefficient (Wildman–Crippen LogP) is 5.48. The van der Waals surface area contributed by atoms with Crippen molar-refractivity contribution < 1.29 is 19.4 Å². The number of fused-ring (bicyclic) bond motifs is 4. The molecule has 5 heteroatoms. The van der Waals surface area contributed by atoms with Crippen molar-refractivity contribution in [3.63, 3.8) is 0 Å². The minimum absolute atomic E-state index is 0.0148. The minimum Gasteiger partial charge on any atom is -0.389 e. The van der Waals surface area contributed by atoms with Crippen molar-refractivity contribution in [1.29, 1.82) is 0 Å². The van der Waals surface area contributed by atoms with Crippen molar-refractivity contribution in [2.24, 2.45) is 34.0 Å². The quantitative estimate of drug-likeness (QED) is 0.546. The van der Waals surface area contributed by atoms with Gasteiger partial charge in [-0.3, -0.25) is 4.79 Å². The molecule has 37 heavy (non-hydrogen) atoms. The second-order valence-corrected chi connectivity index (χ2v) is 15.0. The van der Waals surface area contributed by atoms with E-state index in [2.05, 4.69) is 58.0 Å². The van der Waals surface area contributed by atoms with Crippen LogP contribution in [0.5, 0.6) is 0 Å². The van der Waals surface area contributed by atoms with Crippen LogP contribution in [-0.4, -0.2) is 49.6 Å². The lowest BCUT2D eigenvalue weighted by atomic mass is 9.37. The highest BCUT2D eigenvalue weighted by Crippen LogP contribution is 2.73. The first-order chi connectivity index (χ1) is 17.4. The van der Waals surface area contributed by atoms with E-state index in [-0.39, 0.29) is 16.2 Å². The molecule has 202 valence electrons. The summed E-state index contributed by atoms with van der Waals surface area (Å²) in [5, 5.41) is 12.8. The van der Waals surface area contributed by atoms with E-state index in [4.69, 9.17) is 9.47 Å². The number of carbonyl (C=O) groups is 1. The molecule has 1 aliphatic heterocycles. The first kappa shape index (κ1) is 24.6. The predicted molar refractivity (Wildman–Crippen MR) is 144 cm³/mol. The summed E-state index contributed by atoms with van der Waals surface area (Å²) in [6, 6.07) is 6.98. The van der Waals surface area contributed by atoms with Gasteiger partial charge in [-0.1, -0.05) is 26.8 Å². The number of benzene rings is 1. The number of ketones is 1. The summed E-state index contributed by atoms with van der Waals surface area (Å²) in [5.41, 5.74) is 2.86. The van der Waals surface area contributed by atoms with E-state index in [1.165, 1.54) is 16.8 Å². The summed E-state index contributed by atoms with van der Waals surface area (Å²) in [4.78, 5) is 15.5. The minimum atomic E-state index is -0.811. The molecule has 6 aliphatic rings. The lowest BCUT2D eigenvalue weighted by molar-refractivity contribution is -0.357. The van der Waals surface area contributed by atoms with Gasteiger partial charge < -0.3 is 19.5 Å². The zero-order valence-corrected chi connectivity index (χ0v) is 23.4. The Labute approximate surface area is 222 Å². The number of rotatable bonds is 1. The van der Waals surface area contributed by atoms with Gasteiger partial charge in [0.05, 0.1) is 18.8 Å². The molecule has 0 amide bonds. The molecule has 0 bridgehead atoms. The Morgan fingerprint density at radius 2 is 1.78 bits per heavy atom. The highest BCUT2D eigenvalue weighted by Gasteiger charge is 2.72. The summed E-state index contributed by atoms with van der Waals surface area (Å²) in [7, 11) is 4.21. The highest BCUT2D eigenvalue weighted by atomic mass is 16.7. The van der Waals surface area contributed by atoms with Gasteiger partial charge in [-0.05, 0) is 85.5 Å². The molecule has 1 saturated heterocycles. The molecule has 5 nitrogen and oxygen atoms in total. The third-order valence-corrected chi connectivity index (χ3v) is 12.2. The number of ether oxygens (including phenoxy) is 2. The average molecular weight is 508 g/mol. The number of aliphatic hydroxyl groups is 1. The van der Waals surface area contributed by atoms with Crippen LogP contribution in [0.25, 0.3) is 0 Å². The number of anilines is 1. The van der Waals surface area contributed by atoms with Gasteiger partial charge in [0.15, 0.2) is 5.79 Å². The SMILES string of the molecule is CN(C)c1ccc2c(c1)C[C@]13CCC4(C[C@]1(O)CC[C@@H]1C3C2C[C@]2(C)C(=O)CC[C@H]12)OCC(C)(C)CO4. The number of Topliss-reactive ketones (excluding diaryl/α,β-unsaturated/α-hetero) is 1. The smallest absolute Gasteiger partial charge is 0.171 e. The van der Waals surface area contributed by atoms with Gasteiger partial charge in [0.1, 0.15) is 5.78 Å². The van der Waals surface area contributed by atoms with Crippen molar-refractivity contribution in [3.8, 4) is 0 Å². The maximum absolute atomic E-state index is 13.3. The molecule has 5 aliphatic carbocycles. The monoisotopic (exact) mass is 507 g/mol. The van der Waals surface area contributed by atoms with Crippen molar-refractivity contribution >= 4 is 11.5 Å². The fraction of sp³-hybridized carbons (Fsp3) is 0.781. The molecule has 0 radical (unpaired) electrons. The molecule has 0 aromatic heterocycles. The number of hydrogen-bond donors (Lipinski definition) is 1. The van der Waals surface area contributed by atoms with Gasteiger partial charge in [-0.25, -0.2) is 0 Å². The molecule has 5 fully saturated rings. The Bertz CT molecular complexity index is 1130. The van der Waals surface area contributed by atoms with Crippen LogP contribution < -0.4 is 4.90 Å². The van der Waals surface area contributed by atoms with Gasteiger partial charge >= 0.3 is 0 Å². The standard InChI is InChI=1S/C32H45NO4/c1-28(2)18-36-32(37-19-28)13-12-30-15-20-14-21(33(4)5)6-7-22(20)24-16-29(3)25(8-9-26(29)34)23(27(24)30)10-11-31(30,35)17-32/h6-7,14,23-25,27,35H,8-13,15-19H2,1-5H3/t23-,24?,25+,27?,29-,30-,31+/m0/s1. The maximum Gasteiger partial charge on any atom is 0.171 e. The maximum atomic E-state index is 13.3. The van der Waals surface area contributed by atoms with E-state index in [0.29, 0.717) is 49.1 Å². The molecule has 1 N–H and O–H groups in total. The van der Waals surface area contributed by atoms with E-state index >= 15 is 0 Å². The molecule has 4 saturated carbocycles. The van der Waals surface area contributed by atoms with Gasteiger partial charge in [0, 0.05) is 55.3 Å². The molecule has 7 atom stereocenters. The topological polar surface area (TPSA) is 59.0 Å². The van der Waals surface area contributed by atoms with E-state index in [1.807, 2.05) is 0 Å². The Kier molecular flexibility index (Phi) is 5.06. The molecule has 1 heterocycles. The summed E-state index contributed by atoms with van der Waals surface area (Å²) in [5.74, 6) is 1.56. The lowest BCUT2D eigenvalue weighted by Crippen LogP contribution is -2.70. The van der Waals surface area contributed by atoms with Crippen LogP contribution in [0.1, 0.15) is 89.2 Å². The van der Waals surface area contributed by atoms with Crippen LogP contribution >= 0.6 is 0 Å². The van der Waals surface area contributed by atoms with Crippen LogP contribution in [0.2, 0.25) is 0 Å². The van der Waals surface area contributed by atoms with Crippen molar-refractivity contribution in [3.05, 3.63) is 29.3 Å². The Morgan fingerprint density at radius 1 is 1.03 bits per heavy atom. The second-order valence-electron chi connectivity index (χ2n) is 15.0. The van der Waals surface area contributed by atoms with Crippen LogP contribution in [0, 0.1) is 34.0 Å². The fourth-order valence-corrected chi connectivity index (χ4v) is 10.3. The molecule has 1 aromatic carbocycles. The first-order valence-corrected chi connectivity index (χ1v) is 14.7. The summed E-state index contributed by atoms with van der Waals surface area (Å²) in [6.07, 6.45) is 7.82. The van der Waals surface area contributed by atoms with Gasteiger partial charge in [-0.15, -0.1) is 0 Å². The van der Waals surface area contributed by atoms with Crippen LogP contribution in [0.3, 0.4) is 0 Å². The Hall–Kier alpha value is -1.43. The van der Waals surface area contributed by atoms with Crippen LogP contribution in [0.15, 0.2) is 18.2 Å². The average Bonchev–Trinajstić information content (AvgIpc) is 3.15. The first-order valence-electron chi connectivity index (χ1n) is 14.7. The summed E-state index contributed by atoms with van der Waals surface area (Å²) < 4.78 is 13.0. The number of hydrogen-bond acceptors (Lipinski definition) is 5. The van der Waals surface area contributed by atoms with Crippen LogP contribution in [-0.2, 0) is 20.7 Å². The molecule has 2 unspecified atom stereocenters. The van der Waals surface area contributed by atoms with E-state index < -0.39 is 11.4 Å². The van der Waals surface area contributed by atoms with Crippen molar-refractivity contribution in [1.82, 2.24) is 0 Å². The Morgan fingerprint density at radius 3 is 2.51 bits per heavy atom.